The predicted octanol–water partition coefficient (Wildman–Crippen LogP) is 7.74. The molecular formula is C28H38N6O2. The van der Waals surface area contributed by atoms with Gasteiger partial charge in [-0.15, -0.1) is 0 Å². The van der Waals surface area contributed by atoms with Crippen LogP contribution in [0.5, 0.6) is 0 Å². The highest BCUT2D eigenvalue weighted by Gasteiger charge is 2.37. The summed E-state index contributed by atoms with van der Waals surface area (Å²) in [6.45, 7) is 10.9. The first-order valence-electron chi connectivity index (χ1n) is 11.7. The van der Waals surface area contributed by atoms with Crippen LogP contribution in [0.3, 0.4) is 0 Å². The van der Waals surface area contributed by atoms with Crippen molar-refractivity contribution in [1.29, 1.82) is 10.5 Å². The van der Waals surface area contributed by atoms with Gasteiger partial charge < -0.3 is 9.47 Å². The van der Waals surface area contributed by atoms with Gasteiger partial charge in [0, 0.05) is 27.1 Å². The third-order valence-electron chi connectivity index (χ3n) is 5.41. The van der Waals surface area contributed by atoms with Gasteiger partial charge in [0.1, 0.15) is 0 Å². The van der Waals surface area contributed by atoms with E-state index >= 15 is 0 Å². The third-order valence-corrected chi connectivity index (χ3v) is 5.41. The highest BCUT2D eigenvalue weighted by atomic mass is 16.5. The molecule has 2 unspecified atom stereocenters. The maximum absolute atomic E-state index is 9.43. The van der Waals surface area contributed by atoms with Gasteiger partial charge in [0.15, 0.2) is 11.1 Å². The minimum Gasteiger partial charge on any atom is -0.379 e. The van der Waals surface area contributed by atoms with Crippen LogP contribution in [0.2, 0.25) is 0 Å². The number of rotatable bonds is 10. The van der Waals surface area contributed by atoms with E-state index in [1.165, 1.54) is 0 Å². The summed E-state index contributed by atoms with van der Waals surface area (Å²) >= 11 is 0. The van der Waals surface area contributed by atoms with Gasteiger partial charge in [-0.05, 0) is 65.8 Å². The van der Waals surface area contributed by atoms with E-state index in [-0.39, 0.29) is 0 Å². The molecule has 0 fully saturated rings. The zero-order valence-electron chi connectivity index (χ0n) is 22.7. The molecular weight excluding hydrogens is 452 g/mol. The van der Waals surface area contributed by atoms with Crippen LogP contribution in [0.4, 0.5) is 11.4 Å². The van der Waals surface area contributed by atoms with Crippen LogP contribution in [-0.2, 0) is 9.47 Å². The second-order valence-corrected chi connectivity index (χ2v) is 10.1. The second-order valence-electron chi connectivity index (χ2n) is 10.1. The van der Waals surface area contributed by atoms with Gasteiger partial charge in [-0.1, -0.05) is 36.4 Å². The Morgan fingerprint density at radius 2 is 0.917 bits per heavy atom. The Balaban J connectivity index is 0.000000393. The van der Waals surface area contributed by atoms with Crippen LogP contribution < -0.4 is 0 Å². The largest absolute Gasteiger partial charge is 0.379 e. The Kier molecular flexibility index (Phi) is 11.5. The van der Waals surface area contributed by atoms with E-state index < -0.39 is 22.3 Å². The lowest BCUT2D eigenvalue weighted by Gasteiger charge is -2.31. The second kappa shape index (κ2) is 13.6. The molecule has 0 aliphatic carbocycles. The van der Waals surface area contributed by atoms with Crippen molar-refractivity contribution in [1.82, 2.24) is 0 Å². The van der Waals surface area contributed by atoms with Gasteiger partial charge in [-0.3, -0.25) is 0 Å². The summed E-state index contributed by atoms with van der Waals surface area (Å²) in [7, 11) is 3.19. The molecule has 0 saturated carbocycles. The summed E-state index contributed by atoms with van der Waals surface area (Å²) in [6.07, 6.45) is 0.761. The highest BCUT2D eigenvalue weighted by molar-refractivity contribution is 5.39. The van der Waals surface area contributed by atoms with E-state index in [9.17, 15) is 10.5 Å². The smallest absolute Gasteiger partial charge is 0.167 e. The zero-order valence-corrected chi connectivity index (χ0v) is 22.7. The molecule has 0 spiro atoms. The first-order valence-corrected chi connectivity index (χ1v) is 11.7. The van der Waals surface area contributed by atoms with Crippen LogP contribution in [0, 0.1) is 22.7 Å². The number of nitriles is 2. The fourth-order valence-electron chi connectivity index (χ4n) is 3.32. The first kappa shape index (κ1) is 30.6. The lowest BCUT2D eigenvalue weighted by molar-refractivity contribution is 0.000704. The summed E-state index contributed by atoms with van der Waals surface area (Å²) in [5.41, 5.74) is -1.35. The standard InChI is InChI=1S/C16H28N4O2.C12H10N2/c1-13(2,21-7)9-15(5,11-17)19-20-16(6,12-18)10-14(3,4)22-8;1-3-7-11(8-4-1)13-14-12-9-5-2-6-10-12/h9-10H2,1-8H3;1-10H. The van der Waals surface area contributed by atoms with Crippen molar-refractivity contribution in [3.63, 3.8) is 0 Å². The quantitative estimate of drug-likeness (QED) is 0.317. The monoisotopic (exact) mass is 490 g/mol. The normalized spacial score (nSPS) is 15.3. The summed E-state index contributed by atoms with van der Waals surface area (Å²) < 4.78 is 10.7. The van der Waals surface area contributed by atoms with E-state index in [4.69, 9.17) is 9.47 Å². The number of hydrogen-bond acceptors (Lipinski definition) is 8. The van der Waals surface area contributed by atoms with Gasteiger partial charge >= 0.3 is 0 Å². The minimum atomic E-state index is -1.05. The molecule has 36 heavy (non-hydrogen) atoms. The topological polar surface area (TPSA) is 115 Å². The molecule has 0 saturated heterocycles. The molecule has 2 aromatic rings. The molecule has 0 aliphatic heterocycles. The summed E-state index contributed by atoms with van der Waals surface area (Å²) in [4.78, 5) is 0. The zero-order chi connectivity index (χ0) is 27.3. The molecule has 0 aliphatic rings. The number of methoxy groups -OCH3 is 2. The lowest BCUT2D eigenvalue weighted by Crippen LogP contribution is -2.37. The van der Waals surface area contributed by atoms with Gasteiger partial charge in [0.05, 0.1) is 34.7 Å². The average Bonchev–Trinajstić information content (AvgIpc) is 2.87. The molecule has 2 atom stereocenters. The number of ether oxygens (including phenoxy) is 2. The Hall–Kier alpha value is -3.46. The van der Waals surface area contributed by atoms with Crippen molar-refractivity contribution < 1.29 is 9.47 Å². The number of azo groups is 2. The molecule has 2 rings (SSSR count). The van der Waals surface area contributed by atoms with Crippen LogP contribution in [0.25, 0.3) is 0 Å². The Morgan fingerprint density at radius 3 is 1.17 bits per heavy atom. The van der Waals surface area contributed by atoms with Crippen molar-refractivity contribution in [2.24, 2.45) is 20.5 Å². The van der Waals surface area contributed by atoms with E-state index in [1.807, 2.05) is 88.4 Å². The minimum absolute atomic E-state index is 0.381. The Morgan fingerprint density at radius 1 is 0.611 bits per heavy atom. The molecule has 8 nitrogen and oxygen atoms in total. The van der Waals surface area contributed by atoms with Crippen molar-refractivity contribution in [3.05, 3.63) is 60.7 Å². The molecule has 0 radical (unpaired) electrons. The van der Waals surface area contributed by atoms with E-state index in [1.54, 1.807) is 28.1 Å². The van der Waals surface area contributed by atoms with Gasteiger partial charge in [-0.2, -0.15) is 31.0 Å². The van der Waals surface area contributed by atoms with Gasteiger partial charge in [0.2, 0.25) is 0 Å². The molecule has 0 bridgehead atoms. The highest BCUT2D eigenvalue weighted by Crippen LogP contribution is 2.30. The SMILES string of the molecule is COC(C)(C)CC(C)(C#N)N=NC(C)(C#N)CC(C)(C)OC.c1ccc(N=Nc2ccccc2)cc1. The van der Waals surface area contributed by atoms with Crippen molar-refractivity contribution in [3.8, 4) is 12.1 Å². The van der Waals surface area contributed by atoms with E-state index in [0.29, 0.717) is 12.8 Å². The van der Waals surface area contributed by atoms with Crippen molar-refractivity contribution in [2.45, 2.75) is 76.7 Å². The number of hydrogen-bond donors (Lipinski definition) is 0. The molecule has 0 N–H and O–H groups in total. The molecule has 8 heteroatoms. The fraction of sp³-hybridized carbons (Fsp3) is 0.500. The van der Waals surface area contributed by atoms with Gasteiger partial charge in [0.25, 0.3) is 0 Å². The maximum atomic E-state index is 9.43. The average molecular weight is 491 g/mol. The molecule has 192 valence electrons. The van der Waals surface area contributed by atoms with Crippen molar-refractivity contribution in [2.75, 3.05) is 14.2 Å². The third kappa shape index (κ3) is 11.3. The molecule has 0 heterocycles. The van der Waals surface area contributed by atoms with Crippen molar-refractivity contribution >= 4 is 11.4 Å². The molecule has 0 amide bonds. The van der Waals surface area contributed by atoms with E-state index in [0.717, 1.165) is 11.4 Å². The predicted molar refractivity (Wildman–Crippen MR) is 141 cm³/mol. The summed E-state index contributed by atoms with van der Waals surface area (Å²) in [5.74, 6) is 0. The number of nitrogens with zero attached hydrogens (tertiary/aromatic N) is 6. The fourth-order valence-corrected chi connectivity index (χ4v) is 3.32. The summed E-state index contributed by atoms with van der Waals surface area (Å²) in [6, 6.07) is 23.7. The Bertz CT molecular complexity index is 985. The maximum Gasteiger partial charge on any atom is 0.167 e. The number of benzene rings is 2. The van der Waals surface area contributed by atoms with Crippen LogP contribution in [0.15, 0.2) is 81.1 Å². The van der Waals surface area contributed by atoms with Crippen LogP contribution in [0.1, 0.15) is 54.4 Å². The van der Waals surface area contributed by atoms with Crippen LogP contribution in [-0.4, -0.2) is 36.5 Å². The molecule has 0 aromatic heterocycles. The van der Waals surface area contributed by atoms with Gasteiger partial charge in [-0.25, -0.2) is 0 Å². The Labute approximate surface area is 215 Å². The molecule has 2 aromatic carbocycles. The summed E-state index contributed by atoms with van der Waals surface area (Å²) in [5, 5.41) is 35.4. The lowest BCUT2D eigenvalue weighted by atomic mass is 9.88. The van der Waals surface area contributed by atoms with E-state index in [2.05, 4.69) is 32.6 Å². The van der Waals surface area contributed by atoms with Crippen LogP contribution >= 0.6 is 0 Å². The first-order chi connectivity index (χ1) is 16.8.